The number of nitrogens with zero attached hydrogens (tertiary/aromatic N) is 1. The number of anilines is 1. The van der Waals surface area contributed by atoms with E-state index in [0.717, 1.165) is 12.1 Å². The molecule has 1 rings (SSSR count). The summed E-state index contributed by atoms with van der Waals surface area (Å²) in [7, 11) is 0. The Kier molecular flexibility index (Phi) is 3.94. The molecule has 0 aromatic heterocycles. The van der Waals surface area contributed by atoms with Crippen molar-refractivity contribution in [1.29, 1.82) is 0 Å². The first-order valence-electron chi connectivity index (χ1n) is 4.31. The van der Waals surface area contributed by atoms with Crippen molar-refractivity contribution in [2.24, 2.45) is 0 Å². The van der Waals surface area contributed by atoms with Crippen LogP contribution in [0.1, 0.15) is 6.92 Å². The van der Waals surface area contributed by atoms with Crippen LogP contribution in [0.15, 0.2) is 18.2 Å². The van der Waals surface area contributed by atoms with Gasteiger partial charge in [0.25, 0.3) is 5.69 Å². The van der Waals surface area contributed by atoms with Crippen molar-refractivity contribution in [2.75, 3.05) is 5.32 Å². The van der Waals surface area contributed by atoms with E-state index in [0.29, 0.717) is 0 Å². The Morgan fingerprint density at radius 2 is 2.25 bits per heavy atom. The number of nitro groups is 1. The molecular formula is C9H8BrFN2O3. The predicted molar refractivity (Wildman–Crippen MR) is 60.1 cm³/mol. The van der Waals surface area contributed by atoms with Crippen LogP contribution >= 0.6 is 15.9 Å². The molecule has 0 heterocycles. The Hall–Kier alpha value is -1.50. The van der Waals surface area contributed by atoms with Crippen LogP contribution in [0.25, 0.3) is 0 Å². The van der Waals surface area contributed by atoms with Gasteiger partial charge in [-0.25, -0.2) is 4.39 Å². The van der Waals surface area contributed by atoms with Gasteiger partial charge in [-0.2, -0.15) is 0 Å². The molecule has 0 fully saturated rings. The van der Waals surface area contributed by atoms with Crippen LogP contribution in [0.4, 0.5) is 15.8 Å². The van der Waals surface area contributed by atoms with Gasteiger partial charge in [0, 0.05) is 6.07 Å². The number of carbonyl (C=O) groups excluding carboxylic acids is 1. The predicted octanol–water partition coefficient (Wildman–Crippen LogP) is 2.46. The first-order chi connectivity index (χ1) is 7.43. The molecule has 1 aromatic carbocycles. The van der Waals surface area contributed by atoms with E-state index in [-0.39, 0.29) is 0 Å². The first-order valence-corrected chi connectivity index (χ1v) is 5.23. The van der Waals surface area contributed by atoms with Crippen molar-refractivity contribution in [3.8, 4) is 0 Å². The zero-order valence-electron chi connectivity index (χ0n) is 8.24. The molecule has 0 aliphatic rings. The molecule has 0 spiro atoms. The quantitative estimate of drug-likeness (QED) is 0.528. The highest BCUT2D eigenvalue weighted by Gasteiger charge is 2.21. The number of halogens is 2. The molecule has 0 aliphatic carbocycles. The molecule has 16 heavy (non-hydrogen) atoms. The average molecular weight is 291 g/mol. The molecule has 0 radical (unpaired) electrons. The number of amides is 1. The van der Waals surface area contributed by atoms with E-state index in [1.807, 2.05) is 0 Å². The summed E-state index contributed by atoms with van der Waals surface area (Å²) in [5.41, 5.74) is -0.884. The Bertz CT molecular complexity index is 437. The van der Waals surface area contributed by atoms with Crippen LogP contribution in [-0.2, 0) is 4.79 Å². The highest BCUT2D eigenvalue weighted by atomic mass is 79.9. The van der Waals surface area contributed by atoms with E-state index in [2.05, 4.69) is 21.2 Å². The molecular weight excluding hydrogens is 283 g/mol. The lowest BCUT2D eigenvalue weighted by Crippen LogP contribution is -2.21. The highest BCUT2D eigenvalue weighted by molar-refractivity contribution is 9.10. The van der Waals surface area contributed by atoms with Gasteiger partial charge in [0.15, 0.2) is 11.5 Å². The van der Waals surface area contributed by atoms with Gasteiger partial charge < -0.3 is 5.32 Å². The van der Waals surface area contributed by atoms with Crippen LogP contribution in [0.2, 0.25) is 0 Å². The number of rotatable bonds is 3. The van der Waals surface area contributed by atoms with Crippen molar-refractivity contribution in [2.45, 2.75) is 11.8 Å². The second-order valence-electron chi connectivity index (χ2n) is 3.00. The minimum absolute atomic E-state index is 0.413. The van der Waals surface area contributed by atoms with Crippen LogP contribution in [0, 0.1) is 15.9 Å². The molecule has 1 aromatic rings. The molecule has 5 nitrogen and oxygen atoms in total. The largest absolute Gasteiger partial charge is 0.317 e. The van der Waals surface area contributed by atoms with Gasteiger partial charge in [-0.05, 0) is 13.0 Å². The zero-order chi connectivity index (χ0) is 12.3. The summed E-state index contributed by atoms with van der Waals surface area (Å²) in [5, 5.41) is 12.8. The molecule has 7 heteroatoms. The number of carbonyl (C=O) groups is 1. The lowest BCUT2D eigenvalue weighted by molar-refractivity contribution is -0.384. The molecule has 0 saturated heterocycles. The molecule has 0 bridgehead atoms. The average Bonchev–Trinajstić information content (AvgIpc) is 2.20. The second-order valence-corrected chi connectivity index (χ2v) is 4.37. The van der Waals surface area contributed by atoms with Crippen molar-refractivity contribution < 1.29 is 14.1 Å². The second kappa shape index (κ2) is 5.02. The van der Waals surface area contributed by atoms with E-state index >= 15 is 0 Å². The van der Waals surface area contributed by atoms with E-state index in [4.69, 9.17) is 0 Å². The summed E-state index contributed by atoms with van der Waals surface area (Å²) >= 11 is 2.98. The number of benzene rings is 1. The summed E-state index contributed by atoms with van der Waals surface area (Å²) in [5.74, 6) is -1.39. The molecule has 1 unspecified atom stereocenters. The van der Waals surface area contributed by atoms with Gasteiger partial charge in [0.2, 0.25) is 5.91 Å². The van der Waals surface area contributed by atoms with Gasteiger partial charge in [0.1, 0.15) is 0 Å². The molecule has 1 N–H and O–H groups in total. The standard InChI is InChI=1S/C9H8BrFN2O3/c1-5(10)9(14)12-8-6(11)3-2-4-7(8)13(15)16/h2-5H,1H3,(H,12,14). The summed E-state index contributed by atoms with van der Waals surface area (Å²) in [6, 6.07) is 3.37. The van der Waals surface area contributed by atoms with Crippen LogP contribution in [0.3, 0.4) is 0 Å². The third-order valence-corrected chi connectivity index (χ3v) is 2.21. The van der Waals surface area contributed by atoms with Gasteiger partial charge in [-0.3, -0.25) is 14.9 Å². The van der Waals surface area contributed by atoms with E-state index in [1.165, 1.54) is 13.0 Å². The van der Waals surface area contributed by atoms with Gasteiger partial charge in [-0.1, -0.05) is 22.0 Å². The normalized spacial score (nSPS) is 11.9. The maximum absolute atomic E-state index is 13.3. The highest BCUT2D eigenvalue weighted by Crippen LogP contribution is 2.27. The minimum atomic E-state index is -0.837. The molecule has 1 atom stereocenters. The molecule has 0 saturated carbocycles. The van der Waals surface area contributed by atoms with Crippen molar-refractivity contribution in [1.82, 2.24) is 0 Å². The number of hydrogen-bond donors (Lipinski definition) is 1. The lowest BCUT2D eigenvalue weighted by atomic mass is 10.2. The Balaban J connectivity index is 3.11. The van der Waals surface area contributed by atoms with Crippen LogP contribution in [0.5, 0.6) is 0 Å². The zero-order valence-corrected chi connectivity index (χ0v) is 9.82. The first kappa shape index (κ1) is 12.6. The minimum Gasteiger partial charge on any atom is -0.317 e. The molecule has 86 valence electrons. The van der Waals surface area contributed by atoms with Crippen molar-refractivity contribution in [3.63, 3.8) is 0 Å². The van der Waals surface area contributed by atoms with Crippen LogP contribution < -0.4 is 5.32 Å². The maximum atomic E-state index is 13.3. The van der Waals surface area contributed by atoms with E-state index in [9.17, 15) is 19.3 Å². The summed E-state index contributed by atoms with van der Waals surface area (Å²) in [6.07, 6.45) is 0. The molecule has 0 aliphatic heterocycles. The van der Waals surface area contributed by atoms with Gasteiger partial charge in [0.05, 0.1) is 9.75 Å². The van der Waals surface area contributed by atoms with Gasteiger partial charge in [-0.15, -0.1) is 0 Å². The smallest absolute Gasteiger partial charge is 0.295 e. The lowest BCUT2D eigenvalue weighted by Gasteiger charge is -2.07. The summed E-state index contributed by atoms with van der Waals surface area (Å²) in [4.78, 5) is 20.6. The number of alkyl halides is 1. The Labute approximate surface area is 98.9 Å². The Morgan fingerprint density at radius 3 is 2.75 bits per heavy atom. The fourth-order valence-electron chi connectivity index (χ4n) is 1.01. The fraction of sp³-hybridized carbons (Fsp3) is 0.222. The third kappa shape index (κ3) is 2.75. The summed E-state index contributed by atoms with van der Waals surface area (Å²) < 4.78 is 13.3. The number of nitro benzene ring substituents is 1. The van der Waals surface area contributed by atoms with Crippen LogP contribution in [-0.4, -0.2) is 15.7 Å². The van der Waals surface area contributed by atoms with E-state index < -0.39 is 32.8 Å². The number of para-hydroxylation sites is 1. The topological polar surface area (TPSA) is 72.2 Å². The van der Waals surface area contributed by atoms with Crippen molar-refractivity contribution in [3.05, 3.63) is 34.1 Å². The van der Waals surface area contributed by atoms with Crippen molar-refractivity contribution >= 4 is 33.2 Å². The SMILES string of the molecule is CC(Br)C(=O)Nc1c(F)cccc1[N+](=O)[O-]. The summed E-state index contributed by atoms with van der Waals surface area (Å²) in [6.45, 7) is 1.53. The fourth-order valence-corrected chi connectivity index (χ4v) is 1.13. The monoisotopic (exact) mass is 290 g/mol. The number of hydrogen-bond acceptors (Lipinski definition) is 3. The maximum Gasteiger partial charge on any atom is 0.295 e. The van der Waals surface area contributed by atoms with Gasteiger partial charge >= 0.3 is 0 Å². The number of nitrogens with one attached hydrogen (secondary N) is 1. The third-order valence-electron chi connectivity index (χ3n) is 1.80. The Morgan fingerprint density at radius 1 is 1.62 bits per heavy atom. The van der Waals surface area contributed by atoms with E-state index in [1.54, 1.807) is 0 Å². The molecule has 1 amide bonds.